The number of fused-ring (bicyclic) bond motifs is 1. The van der Waals surface area contributed by atoms with Crippen molar-refractivity contribution in [2.75, 3.05) is 18.6 Å². The Morgan fingerprint density at radius 2 is 1.58 bits per heavy atom. The lowest BCUT2D eigenvalue weighted by atomic mass is 10.0. The number of benzene rings is 1. The summed E-state index contributed by atoms with van der Waals surface area (Å²) >= 11 is 1.40. The molecule has 38 heavy (non-hydrogen) atoms. The van der Waals surface area contributed by atoms with Crippen LogP contribution >= 0.6 is 11.8 Å². The number of aromatic nitrogens is 1. The van der Waals surface area contributed by atoms with Crippen LogP contribution in [0.25, 0.3) is 10.9 Å². The molecule has 0 radical (unpaired) electrons. The van der Waals surface area contributed by atoms with Crippen molar-refractivity contribution in [3.63, 3.8) is 0 Å². The van der Waals surface area contributed by atoms with Crippen molar-refractivity contribution in [2.45, 2.75) is 49.9 Å². The van der Waals surface area contributed by atoms with Crippen LogP contribution in [-0.2, 0) is 30.4 Å². The second-order valence-corrected chi connectivity index (χ2v) is 9.57. The second-order valence-electron chi connectivity index (χ2n) is 8.59. The van der Waals surface area contributed by atoms with Gasteiger partial charge in [-0.1, -0.05) is 18.2 Å². The van der Waals surface area contributed by atoms with Crippen molar-refractivity contribution < 1.29 is 39.3 Å². The maximum absolute atomic E-state index is 13.2. The minimum atomic E-state index is -1.48. The zero-order chi connectivity index (χ0) is 28.2. The predicted molar refractivity (Wildman–Crippen MR) is 140 cm³/mol. The van der Waals surface area contributed by atoms with Crippen LogP contribution in [0.15, 0.2) is 30.5 Å². The van der Waals surface area contributed by atoms with Gasteiger partial charge in [-0.15, -0.1) is 0 Å². The van der Waals surface area contributed by atoms with Gasteiger partial charge in [-0.3, -0.25) is 19.2 Å². The Morgan fingerprint density at radius 3 is 2.21 bits per heavy atom. The highest BCUT2D eigenvalue weighted by molar-refractivity contribution is 7.98. The van der Waals surface area contributed by atoms with Gasteiger partial charge < -0.3 is 42.0 Å². The standard InChI is InChI=1S/C24H33N5O8S/c1-38-9-8-17(24(36)37)27-23(35)19(12-30)29-22(34)18(28-21(33)15(25)6-7-20(31)32)10-13-11-26-16-5-3-2-4-14(13)16/h2-5,11,15,17-19,26,30H,6-10,12,25H2,1H3,(H,27,35)(H,28,33)(H,29,34)(H,31,32)(H,36,37). The lowest BCUT2D eigenvalue weighted by molar-refractivity contribution is -0.142. The second kappa shape index (κ2) is 15.0. The first-order valence-electron chi connectivity index (χ1n) is 11.8. The number of nitrogens with two attached hydrogens (primary N) is 1. The summed E-state index contributed by atoms with van der Waals surface area (Å²) in [6, 6.07) is 2.13. The molecule has 0 aliphatic heterocycles. The van der Waals surface area contributed by atoms with Gasteiger partial charge in [0.25, 0.3) is 0 Å². The monoisotopic (exact) mass is 551 g/mol. The minimum Gasteiger partial charge on any atom is -0.481 e. The molecule has 4 atom stereocenters. The summed E-state index contributed by atoms with van der Waals surface area (Å²) in [6.07, 6.45) is 3.08. The molecule has 1 aromatic carbocycles. The molecular formula is C24H33N5O8S. The minimum absolute atomic E-state index is 0.0154. The number of para-hydroxylation sites is 1. The van der Waals surface area contributed by atoms with Crippen molar-refractivity contribution in [1.29, 1.82) is 0 Å². The highest BCUT2D eigenvalue weighted by Gasteiger charge is 2.30. The molecule has 0 spiro atoms. The van der Waals surface area contributed by atoms with Crippen LogP contribution < -0.4 is 21.7 Å². The first-order valence-corrected chi connectivity index (χ1v) is 13.2. The highest BCUT2D eigenvalue weighted by atomic mass is 32.2. The molecule has 0 saturated heterocycles. The third-order valence-electron chi connectivity index (χ3n) is 5.78. The largest absolute Gasteiger partial charge is 0.481 e. The van der Waals surface area contributed by atoms with E-state index in [4.69, 9.17) is 10.8 Å². The third-order valence-corrected chi connectivity index (χ3v) is 6.42. The number of carboxylic acid groups (broad SMARTS) is 2. The van der Waals surface area contributed by atoms with Gasteiger partial charge in [0.05, 0.1) is 12.6 Å². The number of rotatable bonds is 16. The molecule has 208 valence electrons. The van der Waals surface area contributed by atoms with E-state index < -0.39 is 60.4 Å². The summed E-state index contributed by atoms with van der Waals surface area (Å²) in [5.41, 5.74) is 7.27. The van der Waals surface area contributed by atoms with E-state index in [1.54, 1.807) is 18.5 Å². The first kappa shape index (κ1) is 30.6. The van der Waals surface area contributed by atoms with Crippen molar-refractivity contribution in [2.24, 2.45) is 5.73 Å². The number of amides is 3. The maximum Gasteiger partial charge on any atom is 0.326 e. The number of aliphatic carboxylic acids is 2. The van der Waals surface area contributed by atoms with E-state index in [1.165, 1.54) is 11.8 Å². The van der Waals surface area contributed by atoms with Gasteiger partial charge >= 0.3 is 11.9 Å². The summed E-state index contributed by atoms with van der Waals surface area (Å²) in [5, 5.41) is 35.9. The summed E-state index contributed by atoms with van der Waals surface area (Å²) in [5.74, 6) is -4.40. The molecule has 3 amide bonds. The van der Waals surface area contributed by atoms with E-state index in [0.29, 0.717) is 11.3 Å². The Balaban J connectivity index is 2.21. The Labute approximate surface area is 222 Å². The number of nitrogens with one attached hydrogen (secondary N) is 4. The van der Waals surface area contributed by atoms with Gasteiger partial charge in [-0.05, 0) is 36.5 Å². The van der Waals surface area contributed by atoms with Crippen LogP contribution in [0, 0.1) is 0 Å². The third kappa shape index (κ3) is 9.04. The van der Waals surface area contributed by atoms with Crippen molar-refractivity contribution in [1.82, 2.24) is 20.9 Å². The fraction of sp³-hybridized carbons (Fsp3) is 0.458. The Kier molecular flexibility index (Phi) is 12.0. The number of aliphatic hydroxyl groups excluding tert-OH is 1. The predicted octanol–water partition coefficient (Wildman–Crippen LogP) is -0.813. The molecule has 0 saturated carbocycles. The number of carbonyl (C=O) groups is 5. The quantitative estimate of drug-likeness (QED) is 0.129. The maximum atomic E-state index is 13.2. The van der Waals surface area contributed by atoms with Gasteiger partial charge in [-0.25, -0.2) is 4.79 Å². The molecule has 0 aliphatic carbocycles. The van der Waals surface area contributed by atoms with E-state index >= 15 is 0 Å². The van der Waals surface area contributed by atoms with E-state index in [0.717, 1.165) is 10.9 Å². The Bertz CT molecular complexity index is 1140. The highest BCUT2D eigenvalue weighted by Crippen LogP contribution is 2.19. The Morgan fingerprint density at radius 1 is 0.947 bits per heavy atom. The van der Waals surface area contributed by atoms with Gasteiger partial charge in [0, 0.05) is 29.9 Å². The van der Waals surface area contributed by atoms with E-state index in [1.807, 2.05) is 18.2 Å². The van der Waals surface area contributed by atoms with E-state index in [9.17, 15) is 34.2 Å². The van der Waals surface area contributed by atoms with Crippen molar-refractivity contribution in [3.05, 3.63) is 36.0 Å². The van der Waals surface area contributed by atoms with Crippen molar-refractivity contribution >= 4 is 52.3 Å². The zero-order valence-corrected chi connectivity index (χ0v) is 21.6. The van der Waals surface area contributed by atoms with Gasteiger partial charge in [0.15, 0.2) is 0 Å². The number of hydrogen-bond acceptors (Lipinski definition) is 8. The van der Waals surface area contributed by atoms with Crippen LogP contribution in [0.4, 0.5) is 0 Å². The summed E-state index contributed by atoms with van der Waals surface area (Å²) < 4.78 is 0. The number of thioether (sulfide) groups is 1. The van der Waals surface area contributed by atoms with Gasteiger partial charge in [0.1, 0.15) is 18.1 Å². The summed E-state index contributed by atoms with van der Waals surface area (Å²) in [4.78, 5) is 63.9. The lowest BCUT2D eigenvalue weighted by Crippen LogP contribution is -2.58. The molecular weight excluding hydrogens is 518 g/mol. The molecule has 2 rings (SSSR count). The van der Waals surface area contributed by atoms with Crippen molar-refractivity contribution in [3.8, 4) is 0 Å². The van der Waals surface area contributed by atoms with Gasteiger partial charge in [0.2, 0.25) is 17.7 Å². The smallest absolute Gasteiger partial charge is 0.326 e. The van der Waals surface area contributed by atoms with Crippen LogP contribution in [0.2, 0.25) is 0 Å². The number of H-pyrrole nitrogens is 1. The molecule has 9 N–H and O–H groups in total. The number of aromatic amines is 1. The van der Waals surface area contributed by atoms with Crippen LogP contribution in [0.3, 0.4) is 0 Å². The van der Waals surface area contributed by atoms with Crippen LogP contribution in [0.1, 0.15) is 24.8 Å². The molecule has 0 aliphatic rings. The average molecular weight is 552 g/mol. The summed E-state index contributed by atoms with van der Waals surface area (Å²) in [7, 11) is 0. The first-order chi connectivity index (χ1) is 18.1. The lowest BCUT2D eigenvalue weighted by Gasteiger charge is -2.24. The normalized spacial score (nSPS) is 14.2. The number of aliphatic hydroxyl groups is 1. The molecule has 14 heteroatoms. The summed E-state index contributed by atoms with van der Waals surface area (Å²) in [6.45, 7) is -0.821. The van der Waals surface area contributed by atoms with E-state index in [2.05, 4.69) is 20.9 Å². The fourth-order valence-corrected chi connectivity index (χ4v) is 4.12. The molecule has 4 unspecified atom stereocenters. The molecule has 0 fully saturated rings. The molecule has 1 aromatic heterocycles. The molecule has 2 aromatic rings. The number of carboxylic acids is 2. The average Bonchev–Trinajstić information content (AvgIpc) is 3.29. The zero-order valence-electron chi connectivity index (χ0n) is 20.8. The number of hydrogen-bond donors (Lipinski definition) is 8. The number of carbonyl (C=O) groups excluding carboxylic acids is 3. The molecule has 13 nitrogen and oxygen atoms in total. The fourth-order valence-electron chi connectivity index (χ4n) is 3.65. The SMILES string of the molecule is CSCCC(NC(=O)C(CO)NC(=O)C(Cc1c[nH]c2ccccc12)NC(=O)C(N)CCC(=O)O)C(=O)O. The van der Waals surface area contributed by atoms with Gasteiger partial charge in [-0.2, -0.15) is 11.8 Å². The van der Waals surface area contributed by atoms with Crippen LogP contribution in [-0.4, -0.2) is 92.7 Å². The van der Waals surface area contributed by atoms with E-state index in [-0.39, 0.29) is 25.7 Å². The van der Waals surface area contributed by atoms with Crippen LogP contribution in [0.5, 0.6) is 0 Å². The Hall–Kier alpha value is -3.62. The topological polar surface area (TPSA) is 224 Å². The molecule has 1 heterocycles. The molecule has 0 bridgehead atoms.